The predicted octanol–water partition coefficient (Wildman–Crippen LogP) is 3.67. The molecule has 42 heavy (non-hydrogen) atoms. The summed E-state index contributed by atoms with van der Waals surface area (Å²) < 4.78 is 55.6. The number of hydrogen-bond donors (Lipinski definition) is 2. The SMILES string of the molecule is COC(=O)c1ccc(OCS(=O)(=O)Nc2noc3cc(Cn4cc(CNC(=O)OC(C)(C)C)cn4)cc(OC)c23)cc1. The lowest BCUT2D eigenvalue weighted by molar-refractivity contribution is 0.0522. The fourth-order valence-corrected chi connectivity index (χ4v) is 4.58. The van der Waals surface area contributed by atoms with Crippen LogP contribution in [0, 0.1) is 0 Å². The number of alkyl carbamates (subject to hydrolysis) is 1. The van der Waals surface area contributed by atoms with Gasteiger partial charge in [0.15, 0.2) is 11.4 Å². The number of anilines is 1. The van der Waals surface area contributed by atoms with E-state index < -0.39 is 33.6 Å². The maximum Gasteiger partial charge on any atom is 0.407 e. The smallest absolute Gasteiger partial charge is 0.407 e. The number of benzene rings is 2. The molecule has 4 aromatic rings. The van der Waals surface area contributed by atoms with Crippen molar-refractivity contribution in [1.29, 1.82) is 0 Å². The van der Waals surface area contributed by atoms with Crippen LogP contribution in [0.25, 0.3) is 11.0 Å². The first-order valence-corrected chi connectivity index (χ1v) is 14.3. The van der Waals surface area contributed by atoms with Crippen molar-refractivity contribution in [2.45, 2.75) is 39.5 Å². The highest BCUT2D eigenvalue weighted by molar-refractivity contribution is 7.92. The molecule has 0 saturated carbocycles. The summed E-state index contributed by atoms with van der Waals surface area (Å²) in [7, 11) is -1.32. The van der Waals surface area contributed by atoms with Crippen molar-refractivity contribution in [3.8, 4) is 11.5 Å². The lowest BCUT2D eigenvalue weighted by Crippen LogP contribution is -2.32. The molecule has 2 heterocycles. The fourth-order valence-electron chi connectivity index (χ4n) is 3.80. The van der Waals surface area contributed by atoms with E-state index in [1.165, 1.54) is 38.5 Å². The van der Waals surface area contributed by atoms with E-state index in [2.05, 4.69) is 25.0 Å². The topological polar surface area (TPSA) is 173 Å². The van der Waals surface area contributed by atoms with Crippen molar-refractivity contribution < 1.29 is 41.5 Å². The van der Waals surface area contributed by atoms with E-state index in [0.717, 1.165) is 11.1 Å². The molecule has 0 unspecified atom stereocenters. The van der Waals surface area contributed by atoms with E-state index in [-0.39, 0.29) is 18.1 Å². The Kier molecular flexibility index (Phi) is 8.90. The summed E-state index contributed by atoms with van der Waals surface area (Å²) >= 11 is 0. The van der Waals surface area contributed by atoms with Gasteiger partial charge in [0.2, 0.25) is 5.94 Å². The molecule has 0 aliphatic heterocycles. The number of hydrogen-bond acceptors (Lipinski definition) is 11. The largest absolute Gasteiger partial charge is 0.496 e. The quantitative estimate of drug-likeness (QED) is 0.240. The maximum atomic E-state index is 12.7. The highest BCUT2D eigenvalue weighted by Crippen LogP contribution is 2.34. The molecule has 14 nitrogen and oxygen atoms in total. The number of esters is 1. The highest BCUT2D eigenvalue weighted by Gasteiger charge is 2.21. The van der Waals surface area contributed by atoms with Crippen molar-refractivity contribution in [2.24, 2.45) is 0 Å². The van der Waals surface area contributed by atoms with Gasteiger partial charge in [-0.1, -0.05) is 5.16 Å². The second-order valence-corrected chi connectivity index (χ2v) is 11.8. The molecule has 2 aromatic carbocycles. The zero-order valence-corrected chi connectivity index (χ0v) is 24.5. The molecular weight excluding hydrogens is 570 g/mol. The molecule has 2 N–H and O–H groups in total. The third-order valence-electron chi connectivity index (χ3n) is 5.59. The minimum absolute atomic E-state index is 0.0624. The van der Waals surface area contributed by atoms with E-state index in [1.54, 1.807) is 50.0 Å². The molecule has 2 aromatic heterocycles. The summed E-state index contributed by atoms with van der Waals surface area (Å²) in [5.74, 6) is -0.730. The molecule has 0 aliphatic rings. The van der Waals surface area contributed by atoms with Gasteiger partial charge in [-0.05, 0) is 62.7 Å². The van der Waals surface area contributed by atoms with Crippen LogP contribution in [0.1, 0.15) is 42.3 Å². The Morgan fingerprint density at radius 1 is 1.07 bits per heavy atom. The van der Waals surface area contributed by atoms with Gasteiger partial charge in [0.05, 0.1) is 32.5 Å². The molecule has 1 amide bonds. The number of amides is 1. The van der Waals surface area contributed by atoms with E-state index in [0.29, 0.717) is 28.8 Å². The van der Waals surface area contributed by atoms with Gasteiger partial charge in [-0.15, -0.1) is 0 Å². The standard InChI is InChI=1S/C27H31N5O9S/c1-27(2,3)40-26(34)28-12-18-13-29-32(15-18)14-17-10-21(37-4)23-22(11-17)41-30-24(23)31-42(35,36)16-39-20-8-6-19(7-9-20)25(33)38-5/h6-11,13,15H,12,14,16H2,1-5H3,(H,28,34)(H,30,31). The lowest BCUT2D eigenvalue weighted by atomic mass is 10.1. The van der Waals surface area contributed by atoms with Crippen LogP contribution in [0.3, 0.4) is 0 Å². The normalized spacial score (nSPS) is 11.6. The number of rotatable bonds is 11. The van der Waals surface area contributed by atoms with Crippen molar-refractivity contribution in [1.82, 2.24) is 20.3 Å². The molecule has 0 fully saturated rings. The first kappa shape index (κ1) is 30.2. The first-order valence-electron chi connectivity index (χ1n) is 12.6. The summed E-state index contributed by atoms with van der Waals surface area (Å²) in [4.78, 5) is 23.5. The number of methoxy groups -OCH3 is 2. The van der Waals surface area contributed by atoms with Crippen molar-refractivity contribution in [3.63, 3.8) is 0 Å². The Hall–Kier alpha value is -4.79. The van der Waals surface area contributed by atoms with Crippen molar-refractivity contribution in [2.75, 3.05) is 24.9 Å². The second kappa shape index (κ2) is 12.4. The number of carbonyl (C=O) groups is 2. The number of fused-ring (bicyclic) bond motifs is 1. The molecule has 0 atom stereocenters. The van der Waals surface area contributed by atoms with Crippen molar-refractivity contribution in [3.05, 3.63) is 65.5 Å². The average molecular weight is 602 g/mol. The van der Waals surface area contributed by atoms with Crippen LogP contribution in [-0.4, -0.2) is 61.2 Å². The molecule has 0 aliphatic carbocycles. The Labute approximate surface area is 241 Å². The van der Waals surface area contributed by atoms with Gasteiger partial charge in [0.1, 0.15) is 22.5 Å². The molecule has 0 saturated heterocycles. The van der Waals surface area contributed by atoms with Gasteiger partial charge in [-0.3, -0.25) is 9.40 Å². The third-order valence-corrected chi connectivity index (χ3v) is 6.53. The Bertz CT molecular complexity index is 1670. The van der Waals surface area contributed by atoms with Gasteiger partial charge in [0.25, 0.3) is 10.0 Å². The van der Waals surface area contributed by atoms with Gasteiger partial charge in [0, 0.05) is 18.3 Å². The number of nitrogens with one attached hydrogen (secondary N) is 2. The van der Waals surface area contributed by atoms with Crippen molar-refractivity contribution >= 4 is 38.9 Å². The summed E-state index contributed by atoms with van der Waals surface area (Å²) in [6.45, 7) is 5.93. The van der Waals surface area contributed by atoms with Gasteiger partial charge in [-0.2, -0.15) is 5.10 Å². The maximum absolute atomic E-state index is 12.7. The van der Waals surface area contributed by atoms with Crippen LogP contribution in [0.4, 0.5) is 10.6 Å². The summed E-state index contributed by atoms with van der Waals surface area (Å²) in [5, 5.41) is 11.2. The first-order chi connectivity index (χ1) is 19.9. The number of aromatic nitrogens is 3. The molecule has 224 valence electrons. The zero-order valence-electron chi connectivity index (χ0n) is 23.7. The van der Waals surface area contributed by atoms with E-state index in [1.807, 2.05) is 0 Å². The van der Waals surface area contributed by atoms with Crippen LogP contribution < -0.4 is 19.5 Å². The Morgan fingerprint density at radius 2 is 1.81 bits per heavy atom. The number of ether oxygens (including phenoxy) is 4. The monoisotopic (exact) mass is 601 g/mol. The number of sulfonamides is 1. The number of carbonyl (C=O) groups excluding carboxylic acids is 2. The van der Waals surface area contributed by atoms with Crippen LogP contribution in [-0.2, 0) is 32.6 Å². The Balaban J connectivity index is 1.41. The van der Waals surface area contributed by atoms with Gasteiger partial charge >= 0.3 is 12.1 Å². The molecular formula is C27H31N5O9S. The van der Waals surface area contributed by atoms with E-state index in [9.17, 15) is 18.0 Å². The number of nitrogens with zero attached hydrogens (tertiary/aromatic N) is 3. The minimum Gasteiger partial charge on any atom is -0.496 e. The minimum atomic E-state index is -4.02. The van der Waals surface area contributed by atoms with Gasteiger partial charge < -0.3 is 28.8 Å². The van der Waals surface area contributed by atoms with Crippen LogP contribution in [0.2, 0.25) is 0 Å². The highest BCUT2D eigenvalue weighted by atomic mass is 32.2. The Morgan fingerprint density at radius 3 is 2.48 bits per heavy atom. The molecule has 0 spiro atoms. The summed E-state index contributed by atoms with van der Waals surface area (Å²) in [5.41, 5.74) is 1.51. The van der Waals surface area contributed by atoms with Crippen LogP contribution >= 0.6 is 0 Å². The van der Waals surface area contributed by atoms with E-state index in [4.69, 9.17) is 18.7 Å². The lowest BCUT2D eigenvalue weighted by Gasteiger charge is -2.19. The van der Waals surface area contributed by atoms with Gasteiger partial charge in [-0.25, -0.2) is 18.0 Å². The molecule has 0 radical (unpaired) electrons. The van der Waals surface area contributed by atoms with E-state index >= 15 is 0 Å². The fraction of sp³-hybridized carbons (Fsp3) is 0.333. The zero-order chi connectivity index (χ0) is 30.5. The molecule has 0 bridgehead atoms. The van der Waals surface area contributed by atoms with Crippen LogP contribution in [0.15, 0.2) is 53.3 Å². The summed E-state index contributed by atoms with van der Waals surface area (Å²) in [6, 6.07) is 9.24. The predicted molar refractivity (Wildman–Crippen MR) is 151 cm³/mol. The average Bonchev–Trinajstić information content (AvgIpc) is 3.55. The third kappa shape index (κ3) is 7.90. The second-order valence-electron chi connectivity index (χ2n) is 10.1. The molecule has 4 rings (SSSR count). The molecule has 15 heteroatoms. The van der Waals surface area contributed by atoms with Crippen LogP contribution in [0.5, 0.6) is 11.5 Å². The summed E-state index contributed by atoms with van der Waals surface area (Å²) in [6.07, 6.45) is 2.88.